The minimum Gasteiger partial charge on any atom is -0.103 e. The normalized spacial score (nSPS) is 12.4. The van der Waals surface area contributed by atoms with Gasteiger partial charge in [0.25, 0.3) is 0 Å². The van der Waals surface area contributed by atoms with Gasteiger partial charge in [-0.2, -0.15) is 0 Å². The van der Waals surface area contributed by atoms with Crippen molar-refractivity contribution in [2.24, 2.45) is 0 Å². The Kier molecular flexibility index (Phi) is 7.22. The summed E-state index contributed by atoms with van der Waals surface area (Å²) in [6.07, 6.45) is 12.5. The Balaban J connectivity index is 1.89. The predicted molar refractivity (Wildman–Crippen MR) is 99.5 cm³/mol. The first-order valence-electron chi connectivity index (χ1n) is 8.95. The number of allylic oxidation sites excluding steroid dienone is 1. The molecule has 0 heteroatoms. The molecule has 0 bridgehead atoms. The molecular formula is C22H30. The second-order valence-corrected chi connectivity index (χ2v) is 6.31. The molecule has 0 nitrogen and oxygen atoms in total. The first-order chi connectivity index (χ1) is 10.9. The van der Waals surface area contributed by atoms with Gasteiger partial charge in [-0.1, -0.05) is 81.1 Å². The number of hydrogen-bond donors (Lipinski definition) is 0. The minimum absolute atomic E-state index is 0.708. The fraction of sp³-hybridized carbons (Fsp3) is 0.455. The van der Waals surface area contributed by atoms with Crippen molar-refractivity contribution in [3.63, 3.8) is 0 Å². The van der Waals surface area contributed by atoms with Gasteiger partial charge >= 0.3 is 0 Å². The Morgan fingerprint density at radius 2 is 1.64 bits per heavy atom. The Hall–Kier alpha value is -1.56. The molecule has 2 aromatic carbocycles. The quantitative estimate of drug-likeness (QED) is 0.320. The standard InChI is InChI=1S/C22H30/c1-3-5-6-7-8-9-10-14-19(4-2)21-18-13-16-20-15-11-12-17-22(20)21/h3,11-13,15-19H,1,4-10,14H2,2H3. The maximum absolute atomic E-state index is 3.79. The van der Waals surface area contributed by atoms with E-state index in [1.165, 1.54) is 62.1 Å². The van der Waals surface area contributed by atoms with Crippen molar-refractivity contribution in [2.75, 3.05) is 0 Å². The topological polar surface area (TPSA) is 0 Å². The summed E-state index contributed by atoms with van der Waals surface area (Å²) in [5.74, 6) is 0.708. The highest BCUT2D eigenvalue weighted by molar-refractivity contribution is 5.86. The molecule has 0 radical (unpaired) electrons. The molecule has 0 aliphatic heterocycles. The molecule has 2 rings (SSSR count). The third-order valence-electron chi connectivity index (χ3n) is 4.72. The lowest BCUT2D eigenvalue weighted by Gasteiger charge is -2.17. The van der Waals surface area contributed by atoms with Crippen molar-refractivity contribution in [1.29, 1.82) is 0 Å². The molecule has 0 amide bonds. The molecule has 0 heterocycles. The Morgan fingerprint density at radius 3 is 2.45 bits per heavy atom. The smallest absolute Gasteiger partial charge is 0.0149 e. The predicted octanol–water partition coefficient (Wildman–Crippen LogP) is 7.25. The maximum Gasteiger partial charge on any atom is -0.0149 e. The molecule has 0 N–H and O–H groups in total. The van der Waals surface area contributed by atoms with E-state index in [9.17, 15) is 0 Å². The summed E-state index contributed by atoms with van der Waals surface area (Å²) in [5, 5.41) is 2.82. The van der Waals surface area contributed by atoms with E-state index in [4.69, 9.17) is 0 Å². The van der Waals surface area contributed by atoms with E-state index in [1.54, 1.807) is 5.56 Å². The lowest BCUT2D eigenvalue weighted by atomic mass is 9.87. The van der Waals surface area contributed by atoms with Gasteiger partial charge in [-0.3, -0.25) is 0 Å². The van der Waals surface area contributed by atoms with Crippen molar-refractivity contribution in [3.05, 3.63) is 60.7 Å². The van der Waals surface area contributed by atoms with Crippen molar-refractivity contribution >= 4 is 10.8 Å². The molecule has 1 unspecified atom stereocenters. The summed E-state index contributed by atoms with van der Waals surface area (Å²) in [6.45, 7) is 6.12. The van der Waals surface area contributed by atoms with Crippen LogP contribution in [0.2, 0.25) is 0 Å². The first-order valence-corrected chi connectivity index (χ1v) is 8.95. The van der Waals surface area contributed by atoms with Crippen LogP contribution in [0.15, 0.2) is 55.1 Å². The second kappa shape index (κ2) is 9.46. The van der Waals surface area contributed by atoms with Gasteiger partial charge in [0, 0.05) is 0 Å². The van der Waals surface area contributed by atoms with E-state index in [-0.39, 0.29) is 0 Å². The summed E-state index contributed by atoms with van der Waals surface area (Å²) in [6, 6.07) is 15.6. The molecule has 1 atom stereocenters. The molecule has 0 spiro atoms. The fourth-order valence-corrected chi connectivity index (χ4v) is 3.40. The highest BCUT2D eigenvalue weighted by Gasteiger charge is 2.11. The molecule has 0 aromatic heterocycles. The third-order valence-corrected chi connectivity index (χ3v) is 4.72. The van der Waals surface area contributed by atoms with Gasteiger partial charge in [0.05, 0.1) is 0 Å². The Morgan fingerprint density at radius 1 is 0.909 bits per heavy atom. The monoisotopic (exact) mass is 294 g/mol. The molecule has 0 saturated carbocycles. The van der Waals surface area contributed by atoms with E-state index in [0.29, 0.717) is 5.92 Å². The van der Waals surface area contributed by atoms with Crippen LogP contribution in [-0.2, 0) is 0 Å². The van der Waals surface area contributed by atoms with E-state index in [1.807, 2.05) is 6.08 Å². The summed E-state index contributed by atoms with van der Waals surface area (Å²) < 4.78 is 0. The minimum atomic E-state index is 0.708. The Labute approximate surface area is 136 Å². The Bertz CT molecular complexity index is 562. The molecule has 0 aliphatic carbocycles. The van der Waals surface area contributed by atoms with Crippen LogP contribution in [0.5, 0.6) is 0 Å². The van der Waals surface area contributed by atoms with Crippen molar-refractivity contribution in [1.82, 2.24) is 0 Å². The highest BCUT2D eigenvalue weighted by Crippen LogP contribution is 2.31. The second-order valence-electron chi connectivity index (χ2n) is 6.31. The molecule has 22 heavy (non-hydrogen) atoms. The fourth-order valence-electron chi connectivity index (χ4n) is 3.40. The van der Waals surface area contributed by atoms with Crippen LogP contribution in [0.4, 0.5) is 0 Å². The molecule has 118 valence electrons. The zero-order chi connectivity index (χ0) is 15.6. The molecule has 0 aliphatic rings. The maximum atomic E-state index is 3.79. The van der Waals surface area contributed by atoms with Crippen molar-refractivity contribution in [2.45, 2.75) is 64.2 Å². The van der Waals surface area contributed by atoms with Crippen LogP contribution in [0, 0.1) is 0 Å². The van der Waals surface area contributed by atoms with Gasteiger partial charge < -0.3 is 0 Å². The van der Waals surface area contributed by atoms with Crippen LogP contribution in [0.25, 0.3) is 10.8 Å². The third kappa shape index (κ3) is 4.73. The molecule has 2 aromatic rings. The van der Waals surface area contributed by atoms with E-state index in [2.05, 4.69) is 56.0 Å². The molecule has 0 fully saturated rings. The van der Waals surface area contributed by atoms with Crippen molar-refractivity contribution in [3.8, 4) is 0 Å². The van der Waals surface area contributed by atoms with Crippen LogP contribution in [-0.4, -0.2) is 0 Å². The van der Waals surface area contributed by atoms with Gasteiger partial charge in [0.2, 0.25) is 0 Å². The number of unbranched alkanes of at least 4 members (excludes halogenated alkanes) is 5. The number of hydrogen-bond acceptors (Lipinski definition) is 0. The van der Waals surface area contributed by atoms with E-state index in [0.717, 1.165) is 0 Å². The van der Waals surface area contributed by atoms with E-state index >= 15 is 0 Å². The summed E-state index contributed by atoms with van der Waals surface area (Å²) in [7, 11) is 0. The van der Waals surface area contributed by atoms with Gasteiger partial charge in [0.15, 0.2) is 0 Å². The van der Waals surface area contributed by atoms with Crippen LogP contribution in [0.3, 0.4) is 0 Å². The van der Waals surface area contributed by atoms with Crippen molar-refractivity contribution < 1.29 is 0 Å². The lowest BCUT2D eigenvalue weighted by Crippen LogP contribution is -1.98. The van der Waals surface area contributed by atoms with Gasteiger partial charge in [-0.25, -0.2) is 0 Å². The van der Waals surface area contributed by atoms with Crippen LogP contribution in [0.1, 0.15) is 69.8 Å². The van der Waals surface area contributed by atoms with Crippen LogP contribution < -0.4 is 0 Å². The van der Waals surface area contributed by atoms with E-state index < -0.39 is 0 Å². The summed E-state index contributed by atoms with van der Waals surface area (Å²) in [5.41, 5.74) is 1.55. The lowest BCUT2D eigenvalue weighted by molar-refractivity contribution is 0.534. The number of benzene rings is 2. The molecule has 0 saturated heterocycles. The number of fused-ring (bicyclic) bond motifs is 1. The average molecular weight is 294 g/mol. The zero-order valence-electron chi connectivity index (χ0n) is 14.1. The number of rotatable bonds is 10. The largest absolute Gasteiger partial charge is 0.103 e. The summed E-state index contributed by atoms with van der Waals surface area (Å²) in [4.78, 5) is 0. The van der Waals surface area contributed by atoms with Gasteiger partial charge in [-0.15, -0.1) is 6.58 Å². The average Bonchev–Trinajstić information content (AvgIpc) is 2.57. The zero-order valence-corrected chi connectivity index (χ0v) is 14.1. The van der Waals surface area contributed by atoms with Gasteiger partial charge in [-0.05, 0) is 47.9 Å². The molecular weight excluding hydrogens is 264 g/mol. The van der Waals surface area contributed by atoms with Gasteiger partial charge in [0.1, 0.15) is 0 Å². The highest BCUT2D eigenvalue weighted by atomic mass is 14.2. The SMILES string of the molecule is C=CCCCCCCCC(CC)c1cccc2ccccc12. The summed E-state index contributed by atoms with van der Waals surface area (Å²) >= 11 is 0. The first kappa shape index (κ1) is 16.8. The van der Waals surface area contributed by atoms with Crippen LogP contribution >= 0.6 is 0 Å².